The summed E-state index contributed by atoms with van der Waals surface area (Å²) in [6.45, 7) is 5.53. The molecule has 1 aliphatic heterocycles. The van der Waals surface area contributed by atoms with Crippen molar-refractivity contribution in [1.29, 1.82) is 0 Å². The third-order valence-electron chi connectivity index (χ3n) is 4.73. The number of hydrogen-bond donors (Lipinski definition) is 0. The molecule has 2 aliphatic rings. The summed E-state index contributed by atoms with van der Waals surface area (Å²) < 4.78 is 50.8. The maximum Gasteiger partial charge on any atom is 0.217 e. The number of sulfonamides is 1. The molecule has 7 heteroatoms. The van der Waals surface area contributed by atoms with E-state index >= 15 is 0 Å². The molecule has 1 unspecified atom stereocenters. The summed E-state index contributed by atoms with van der Waals surface area (Å²) in [4.78, 5) is 0. The Morgan fingerprint density at radius 1 is 0.857 bits per heavy atom. The summed E-state index contributed by atoms with van der Waals surface area (Å²) in [5.41, 5.74) is 0. The highest BCUT2D eigenvalue weighted by Crippen LogP contribution is 2.32. The van der Waals surface area contributed by atoms with Gasteiger partial charge in [0.05, 0.1) is 15.2 Å². The molecule has 0 N–H and O–H groups in total. The predicted octanol–water partition coefficient (Wildman–Crippen LogP) is 1.94. The van der Waals surface area contributed by atoms with Gasteiger partial charge in [-0.3, -0.25) is 0 Å². The zero-order chi connectivity index (χ0) is 15.9. The van der Waals surface area contributed by atoms with Crippen LogP contribution in [0, 0.1) is 0 Å². The smallest absolute Gasteiger partial charge is 0.217 e. The highest BCUT2D eigenvalue weighted by Gasteiger charge is 2.45. The van der Waals surface area contributed by atoms with E-state index in [1.54, 1.807) is 20.8 Å². The topological polar surface area (TPSA) is 71.5 Å². The first-order chi connectivity index (χ1) is 9.57. The van der Waals surface area contributed by atoms with Gasteiger partial charge in [-0.1, -0.05) is 19.3 Å². The van der Waals surface area contributed by atoms with Crippen molar-refractivity contribution in [2.75, 3.05) is 13.1 Å². The van der Waals surface area contributed by atoms with E-state index in [0.717, 1.165) is 32.1 Å². The molecule has 2 rings (SSSR count). The molecule has 1 aliphatic carbocycles. The van der Waals surface area contributed by atoms with Crippen molar-refractivity contribution < 1.29 is 16.8 Å². The lowest BCUT2D eigenvalue weighted by Gasteiger charge is -2.28. The second-order valence-electron chi connectivity index (χ2n) is 7.23. The van der Waals surface area contributed by atoms with E-state index < -0.39 is 29.9 Å². The van der Waals surface area contributed by atoms with Gasteiger partial charge in [-0.05, 0) is 40.0 Å². The Kier molecular flexibility index (Phi) is 4.77. The minimum absolute atomic E-state index is 0.137. The van der Waals surface area contributed by atoms with Crippen molar-refractivity contribution in [1.82, 2.24) is 4.31 Å². The summed E-state index contributed by atoms with van der Waals surface area (Å²) in [7, 11) is -6.64. The average molecular weight is 338 g/mol. The van der Waals surface area contributed by atoms with Crippen LogP contribution in [-0.2, 0) is 19.9 Å². The minimum atomic E-state index is -3.33. The zero-order valence-electron chi connectivity index (χ0n) is 13.2. The molecule has 124 valence electrons. The van der Waals surface area contributed by atoms with Crippen LogP contribution < -0.4 is 0 Å². The first-order valence-electron chi connectivity index (χ1n) is 7.79. The molecular weight excluding hydrogens is 310 g/mol. The van der Waals surface area contributed by atoms with Gasteiger partial charge in [0, 0.05) is 13.1 Å². The van der Waals surface area contributed by atoms with Crippen LogP contribution in [0.25, 0.3) is 0 Å². The van der Waals surface area contributed by atoms with Crippen molar-refractivity contribution >= 4 is 19.9 Å². The van der Waals surface area contributed by atoms with Gasteiger partial charge >= 0.3 is 0 Å². The molecule has 0 bridgehead atoms. The van der Waals surface area contributed by atoms with Crippen LogP contribution in [0.3, 0.4) is 0 Å². The summed E-state index contributed by atoms with van der Waals surface area (Å²) in [6, 6.07) is 0. The van der Waals surface area contributed by atoms with Crippen molar-refractivity contribution in [2.45, 2.75) is 74.5 Å². The molecule has 0 spiro atoms. The molecule has 2 fully saturated rings. The first-order valence-corrected chi connectivity index (χ1v) is 10.8. The fraction of sp³-hybridized carbons (Fsp3) is 1.00. The van der Waals surface area contributed by atoms with Crippen LogP contribution in [0.2, 0.25) is 0 Å². The van der Waals surface area contributed by atoms with Gasteiger partial charge in [0.15, 0.2) is 9.84 Å². The molecule has 0 aromatic carbocycles. The largest absolute Gasteiger partial charge is 0.228 e. The van der Waals surface area contributed by atoms with E-state index in [1.165, 1.54) is 4.31 Å². The summed E-state index contributed by atoms with van der Waals surface area (Å²) in [6.07, 6.45) is 4.88. The number of sulfone groups is 1. The van der Waals surface area contributed by atoms with Crippen LogP contribution in [0.1, 0.15) is 59.3 Å². The number of nitrogens with zero attached hydrogens (tertiary/aromatic N) is 1. The Labute approximate surface area is 129 Å². The number of rotatable bonds is 3. The van der Waals surface area contributed by atoms with Gasteiger partial charge < -0.3 is 0 Å². The van der Waals surface area contributed by atoms with E-state index in [1.807, 2.05) is 0 Å². The first kappa shape index (κ1) is 17.2. The third-order valence-corrected chi connectivity index (χ3v) is 10.1. The van der Waals surface area contributed by atoms with Crippen LogP contribution in [0.5, 0.6) is 0 Å². The fourth-order valence-corrected chi connectivity index (χ4v) is 7.24. The molecule has 21 heavy (non-hydrogen) atoms. The Morgan fingerprint density at radius 2 is 1.43 bits per heavy atom. The SMILES string of the molecule is CC(C)(C)S(=O)(=O)C1CCN(S(=O)(=O)C2CCCCC2)C1. The second-order valence-corrected chi connectivity index (χ2v) is 12.4. The van der Waals surface area contributed by atoms with E-state index in [-0.39, 0.29) is 11.8 Å². The molecule has 1 atom stereocenters. The van der Waals surface area contributed by atoms with Gasteiger partial charge in [-0.25, -0.2) is 21.1 Å². The quantitative estimate of drug-likeness (QED) is 0.789. The Balaban J connectivity index is 2.12. The highest BCUT2D eigenvalue weighted by atomic mass is 32.2. The van der Waals surface area contributed by atoms with Crippen molar-refractivity contribution in [3.63, 3.8) is 0 Å². The van der Waals surface area contributed by atoms with E-state index in [4.69, 9.17) is 0 Å². The van der Waals surface area contributed by atoms with Crippen LogP contribution in [-0.4, -0.2) is 49.5 Å². The Bertz CT molecular complexity index is 569. The van der Waals surface area contributed by atoms with Gasteiger partial charge in [0.1, 0.15) is 0 Å². The lowest BCUT2D eigenvalue weighted by atomic mass is 10.0. The lowest BCUT2D eigenvalue weighted by Crippen LogP contribution is -2.42. The molecule has 1 saturated heterocycles. The summed E-state index contributed by atoms with van der Waals surface area (Å²) in [5.74, 6) is 0. The van der Waals surface area contributed by atoms with Crippen LogP contribution >= 0.6 is 0 Å². The minimum Gasteiger partial charge on any atom is -0.228 e. The molecular formula is C14H27NO4S2. The van der Waals surface area contributed by atoms with Crippen molar-refractivity contribution in [3.8, 4) is 0 Å². The summed E-state index contributed by atoms with van der Waals surface area (Å²) >= 11 is 0. The molecule has 0 aromatic heterocycles. The molecule has 1 saturated carbocycles. The summed E-state index contributed by atoms with van der Waals surface area (Å²) in [5, 5.41) is -0.863. The second kappa shape index (κ2) is 5.81. The molecule has 5 nitrogen and oxygen atoms in total. The molecule has 0 amide bonds. The predicted molar refractivity (Wildman–Crippen MR) is 84.4 cm³/mol. The maximum atomic E-state index is 12.6. The van der Waals surface area contributed by atoms with Crippen LogP contribution in [0.15, 0.2) is 0 Å². The highest BCUT2D eigenvalue weighted by molar-refractivity contribution is 7.93. The molecule has 0 aromatic rings. The zero-order valence-corrected chi connectivity index (χ0v) is 14.8. The van der Waals surface area contributed by atoms with Gasteiger partial charge in [-0.2, -0.15) is 0 Å². The van der Waals surface area contributed by atoms with E-state index in [0.29, 0.717) is 13.0 Å². The Morgan fingerprint density at radius 3 is 1.95 bits per heavy atom. The fourth-order valence-electron chi connectivity index (χ4n) is 3.26. The van der Waals surface area contributed by atoms with Crippen molar-refractivity contribution in [2.24, 2.45) is 0 Å². The third kappa shape index (κ3) is 3.29. The monoisotopic (exact) mass is 337 g/mol. The van der Waals surface area contributed by atoms with E-state index in [2.05, 4.69) is 0 Å². The maximum absolute atomic E-state index is 12.6. The van der Waals surface area contributed by atoms with Crippen LogP contribution in [0.4, 0.5) is 0 Å². The van der Waals surface area contributed by atoms with Crippen molar-refractivity contribution in [3.05, 3.63) is 0 Å². The normalized spacial score (nSPS) is 27.1. The van der Waals surface area contributed by atoms with Gasteiger partial charge in [0.25, 0.3) is 0 Å². The Hall–Kier alpha value is -0.140. The lowest BCUT2D eigenvalue weighted by molar-refractivity contribution is 0.428. The number of hydrogen-bond acceptors (Lipinski definition) is 4. The molecule has 0 radical (unpaired) electrons. The van der Waals surface area contributed by atoms with Gasteiger partial charge in [0.2, 0.25) is 10.0 Å². The standard InChI is InChI=1S/C14H27NO4S2/c1-14(2,3)20(16,17)13-9-10-15(11-13)21(18,19)12-7-5-4-6-8-12/h12-13H,4-11H2,1-3H3. The van der Waals surface area contributed by atoms with E-state index in [9.17, 15) is 16.8 Å². The molecule has 1 heterocycles. The average Bonchev–Trinajstić information content (AvgIpc) is 2.89. The van der Waals surface area contributed by atoms with Gasteiger partial charge in [-0.15, -0.1) is 0 Å².